The summed E-state index contributed by atoms with van der Waals surface area (Å²) in [5.74, 6) is -0.125. The van der Waals surface area contributed by atoms with Gasteiger partial charge in [0.2, 0.25) is 0 Å². The third-order valence-corrected chi connectivity index (χ3v) is 4.20. The summed E-state index contributed by atoms with van der Waals surface area (Å²) in [7, 11) is 0. The summed E-state index contributed by atoms with van der Waals surface area (Å²) in [6, 6.07) is 17.0. The lowest BCUT2D eigenvalue weighted by atomic mass is 10.0. The molecular weight excluding hydrogens is 300 g/mol. The number of carbonyl (C=O) groups is 2. The topological polar surface area (TPSA) is 49.4 Å². The lowest BCUT2D eigenvalue weighted by Crippen LogP contribution is -2.38. The standard InChI is InChI=1S/C20H24N2O2/c1-3-22(4-2)19(17-8-6-5-7-9-17)14-21-20(24)18-12-10-16(15-23)11-13-18/h5-13,15,19H,3-4,14H2,1-2H3,(H,21,24). The van der Waals surface area contributed by atoms with Crippen LogP contribution in [0.2, 0.25) is 0 Å². The SMILES string of the molecule is CCN(CC)C(CNC(=O)c1ccc(C=O)cc1)c1ccccc1. The van der Waals surface area contributed by atoms with Gasteiger partial charge >= 0.3 is 0 Å². The number of carbonyl (C=O) groups excluding carboxylic acids is 2. The number of likely N-dealkylation sites (N-methyl/N-ethyl adjacent to an activating group) is 1. The fourth-order valence-electron chi connectivity index (χ4n) is 2.80. The van der Waals surface area contributed by atoms with Crippen LogP contribution in [0, 0.1) is 0 Å². The van der Waals surface area contributed by atoms with Gasteiger partial charge in [0.1, 0.15) is 6.29 Å². The van der Waals surface area contributed by atoms with E-state index in [9.17, 15) is 9.59 Å². The minimum atomic E-state index is -0.125. The summed E-state index contributed by atoms with van der Waals surface area (Å²) in [6.07, 6.45) is 0.771. The van der Waals surface area contributed by atoms with Gasteiger partial charge in [0, 0.05) is 17.7 Å². The van der Waals surface area contributed by atoms with Crippen LogP contribution in [0.1, 0.15) is 46.2 Å². The maximum Gasteiger partial charge on any atom is 0.251 e. The predicted octanol–water partition coefficient (Wildman–Crippen LogP) is 3.31. The second kappa shape index (κ2) is 8.99. The summed E-state index contributed by atoms with van der Waals surface area (Å²) in [4.78, 5) is 25.4. The summed E-state index contributed by atoms with van der Waals surface area (Å²) in [6.45, 7) is 6.62. The molecule has 0 radical (unpaired) electrons. The Morgan fingerprint density at radius 2 is 1.67 bits per heavy atom. The molecule has 1 atom stereocenters. The zero-order valence-electron chi connectivity index (χ0n) is 14.2. The normalized spacial score (nSPS) is 12.0. The highest BCUT2D eigenvalue weighted by Gasteiger charge is 2.18. The van der Waals surface area contributed by atoms with Gasteiger partial charge in [-0.2, -0.15) is 0 Å². The molecule has 4 heteroatoms. The maximum atomic E-state index is 12.4. The van der Waals surface area contributed by atoms with Crippen molar-refractivity contribution in [2.75, 3.05) is 19.6 Å². The van der Waals surface area contributed by atoms with Gasteiger partial charge < -0.3 is 5.32 Å². The molecule has 2 aromatic carbocycles. The number of amides is 1. The molecule has 2 aromatic rings. The third-order valence-electron chi connectivity index (χ3n) is 4.20. The summed E-state index contributed by atoms with van der Waals surface area (Å²) in [5.41, 5.74) is 2.32. The van der Waals surface area contributed by atoms with Crippen LogP contribution < -0.4 is 5.32 Å². The predicted molar refractivity (Wildman–Crippen MR) is 96.3 cm³/mol. The van der Waals surface area contributed by atoms with Crippen LogP contribution in [0.5, 0.6) is 0 Å². The van der Waals surface area contributed by atoms with Crippen LogP contribution in [-0.2, 0) is 0 Å². The molecule has 0 aromatic heterocycles. The first-order valence-electron chi connectivity index (χ1n) is 8.32. The van der Waals surface area contributed by atoms with Crippen molar-refractivity contribution < 1.29 is 9.59 Å². The van der Waals surface area contributed by atoms with E-state index in [1.54, 1.807) is 24.3 Å². The molecule has 0 aliphatic rings. The smallest absolute Gasteiger partial charge is 0.251 e. The Bertz CT molecular complexity index is 649. The van der Waals surface area contributed by atoms with Crippen LogP contribution >= 0.6 is 0 Å². The molecule has 1 N–H and O–H groups in total. The van der Waals surface area contributed by atoms with Crippen LogP contribution in [-0.4, -0.2) is 36.7 Å². The third kappa shape index (κ3) is 4.52. The first-order chi connectivity index (χ1) is 11.7. The zero-order valence-corrected chi connectivity index (χ0v) is 14.2. The zero-order chi connectivity index (χ0) is 17.4. The van der Waals surface area contributed by atoms with Gasteiger partial charge in [-0.3, -0.25) is 14.5 Å². The van der Waals surface area contributed by atoms with Gasteiger partial charge in [-0.25, -0.2) is 0 Å². The summed E-state index contributed by atoms with van der Waals surface area (Å²) < 4.78 is 0. The number of hydrogen-bond donors (Lipinski definition) is 1. The highest BCUT2D eigenvalue weighted by Crippen LogP contribution is 2.19. The largest absolute Gasteiger partial charge is 0.350 e. The molecular formula is C20H24N2O2. The van der Waals surface area contributed by atoms with Crippen molar-refractivity contribution in [3.63, 3.8) is 0 Å². The second-order valence-electron chi connectivity index (χ2n) is 5.60. The molecule has 24 heavy (non-hydrogen) atoms. The minimum Gasteiger partial charge on any atom is -0.350 e. The van der Waals surface area contributed by atoms with Crippen molar-refractivity contribution in [3.8, 4) is 0 Å². The lowest BCUT2D eigenvalue weighted by Gasteiger charge is -2.30. The Kier molecular flexibility index (Phi) is 6.70. The van der Waals surface area contributed by atoms with E-state index in [1.807, 2.05) is 18.2 Å². The van der Waals surface area contributed by atoms with E-state index in [2.05, 4.69) is 36.2 Å². The first kappa shape index (κ1) is 17.9. The van der Waals surface area contributed by atoms with Crippen molar-refractivity contribution in [2.24, 2.45) is 0 Å². The molecule has 0 aliphatic carbocycles. The van der Waals surface area contributed by atoms with Gasteiger partial charge in [0.15, 0.2) is 0 Å². The number of nitrogens with zero attached hydrogens (tertiary/aromatic N) is 1. The highest BCUT2D eigenvalue weighted by molar-refractivity contribution is 5.94. The molecule has 1 unspecified atom stereocenters. The van der Waals surface area contributed by atoms with Gasteiger partial charge in [0.25, 0.3) is 5.91 Å². The molecule has 0 heterocycles. The van der Waals surface area contributed by atoms with Crippen molar-refractivity contribution >= 4 is 12.2 Å². The molecule has 4 nitrogen and oxygen atoms in total. The molecule has 126 valence electrons. The molecule has 0 saturated carbocycles. The van der Waals surface area contributed by atoms with E-state index in [0.717, 1.165) is 19.4 Å². The highest BCUT2D eigenvalue weighted by atomic mass is 16.1. The Hall–Kier alpha value is -2.46. The van der Waals surface area contributed by atoms with Crippen LogP contribution in [0.4, 0.5) is 0 Å². The molecule has 2 rings (SSSR count). The fraction of sp³-hybridized carbons (Fsp3) is 0.300. The molecule has 1 amide bonds. The minimum absolute atomic E-state index is 0.125. The first-order valence-corrected chi connectivity index (χ1v) is 8.32. The molecule has 0 aliphatic heterocycles. The number of aldehydes is 1. The number of benzene rings is 2. The molecule has 0 saturated heterocycles. The Morgan fingerprint density at radius 1 is 1.04 bits per heavy atom. The van der Waals surface area contributed by atoms with Gasteiger partial charge in [-0.1, -0.05) is 56.3 Å². The van der Waals surface area contributed by atoms with Crippen molar-refractivity contribution in [2.45, 2.75) is 19.9 Å². The van der Waals surface area contributed by atoms with Crippen LogP contribution in [0.25, 0.3) is 0 Å². The van der Waals surface area contributed by atoms with E-state index in [0.29, 0.717) is 17.7 Å². The van der Waals surface area contributed by atoms with Gasteiger partial charge in [-0.15, -0.1) is 0 Å². The monoisotopic (exact) mass is 324 g/mol. The second-order valence-corrected chi connectivity index (χ2v) is 5.60. The van der Waals surface area contributed by atoms with Crippen molar-refractivity contribution in [3.05, 3.63) is 71.3 Å². The average Bonchev–Trinajstić information content (AvgIpc) is 2.65. The van der Waals surface area contributed by atoms with E-state index in [1.165, 1.54) is 5.56 Å². The number of hydrogen-bond acceptors (Lipinski definition) is 3. The quantitative estimate of drug-likeness (QED) is 0.758. The Morgan fingerprint density at radius 3 is 2.21 bits per heavy atom. The lowest BCUT2D eigenvalue weighted by molar-refractivity contribution is 0.0934. The number of rotatable bonds is 8. The Balaban J connectivity index is 2.09. The average molecular weight is 324 g/mol. The Labute approximate surface area is 143 Å². The van der Waals surface area contributed by atoms with E-state index in [-0.39, 0.29) is 11.9 Å². The molecule has 0 spiro atoms. The van der Waals surface area contributed by atoms with Gasteiger partial charge in [-0.05, 0) is 30.8 Å². The van der Waals surface area contributed by atoms with Crippen LogP contribution in [0.15, 0.2) is 54.6 Å². The molecule has 0 bridgehead atoms. The van der Waals surface area contributed by atoms with E-state index >= 15 is 0 Å². The molecule has 0 fully saturated rings. The summed E-state index contributed by atoms with van der Waals surface area (Å²) >= 11 is 0. The summed E-state index contributed by atoms with van der Waals surface area (Å²) in [5, 5.41) is 3.02. The van der Waals surface area contributed by atoms with E-state index in [4.69, 9.17) is 0 Å². The van der Waals surface area contributed by atoms with Gasteiger partial charge in [0.05, 0.1) is 6.04 Å². The fourth-order valence-corrected chi connectivity index (χ4v) is 2.80. The van der Waals surface area contributed by atoms with E-state index < -0.39 is 0 Å². The van der Waals surface area contributed by atoms with Crippen molar-refractivity contribution in [1.82, 2.24) is 10.2 Å². The number of nitrogens with one attached hydrogen (secondary N) is 1. The van der Waals surface area contributed by atoms with Crippen molar-refractivity contribution in [1.29, 1.82) is 0 Å². The van der Waals surface area contributed by atoms with Crippen LogP contribution in [0.3, 0.4) is 0 Å². The maximum absolute atomic E-state index is 12.4.